The number of rotatable bonds is 2. The Labute approximate surface area is 146 Å². The van der Waals surface area contributed by atoms with E-state index in [1.165, 1.54) is 11.1 Å². The second kappa shape index (κ2) is 5.81. The molecule has 0 radical (unpaired) electrons. The lowest BCUT2D eigenvalue weighted by Gasteiger charge is -2.45. The highest BCUT2D eigenvalue weighted by atomic mass is 32.1. The Morgan fingerprint density at radius 1 is 1.32 bits per heavy atom. The maximum absolute atomic E-state index is 13.3. The van der Waals surface area contributed by atoms with Gasteiger partial charge in [-0.25, -0.2) is 13.8 Å². The van der Waals surface area contributed by atoms with Gasteiger partial charge in [-0.1, -0.05) is 0 Å². The van der Waals surface area contributed by atoms with Crippen LogP contribution in [0.2, 0.25) is 0 Å². The third-order valence-corrected chi connectivity index (χ3v) is 4.42. The van der Waals surface area contributed by atoms with E-state index in [1.807, 2.05) is 0 Å². The molecule has 1 aromatic rings. The molecule has 0 aromatic heterocycles. The van der Waals surface area contributed by atoms with Gasteiger partial charge in [-0.15, -0.1) is 0 Å². The molecule has 132 valence electrons. The summed E-state index contributed by atoms with van der Waals surface area (Å²) < 4.78 is 26.3. The van der Waals surface area contributed by atoms with Gasteiger partial charge in [0.05, 0.1) is 6.42 Å². The number of carbonyl (C=O) groups excluding carboxylic acids is 3. The van der Waals surface area contributed by atoms with E-state index in [0.717, 1.165) is 17.1 Å². The Morgan fingerprint density at radius 3 is 2.64 bits per heavy atom. The van der Waals surface area contributed by atoms with Crippen LogP contribution >= 0.6 is 12.2 Å². The fourth-order valence-electron chi connectivity index (χ4n) is 2.86. The van der Waals surface area contributed by atoms with Gasteiger partial charge in [0.25, 0.3) is 0 Å². The molecule has 0 saturated carbocycles. The van der Waals surface area contributed by atoms with Gasteiger partial charge in [-0.2, -0.15) is 5.01 Å². The van der Waals surface area contributed by atoms with E-state index in [9.17, 15) is 23.2 Å². The second-order valence-electron chi connectivity index (χ2n) is 6.21. The van der Waals surface area contributed by atoms with Gasteiger partial charge >= 0.3 is 0 Å². The predicted molar refractivity (Wildman–Crippen MR) is 86.9 cm³/mol. The number of halogens is 2. The first-order valence-corrected chi connectivity index (χ1v) is 7.77. The van der Waals surface area contributed by atoms with Crippen molar-refractivity contribution in [2.75, 3.05) is 5.32 Å². The van der Waals surface area contributed by atoms with Gasteiger partial charge in [0, 0.05) is 11.8 Å². The minimum absolute atomic E-state index is 0.0386. The lowest BCUT2D eigenvalue weighted by atomic mass is 10.00. The van der Waals surface area contributed by atoms with E-state index in [-0.39, 0.29) is 17.2 Å². The molecule has 2 heterocycles. The lowest BCUT2D eigenvalue weighted by Crippen LogP contribution is -2.71. The molecule has 0 bridgehead atoms. The normalized spacial score (nSPS) is 22.6. The molecule has 2 saturated heterocycles. The quantitative estimate of drug-likeness (QED) is 0.759. The minimum atomic E-state index is -1.20. The average molecular weight is 368 g/mol. The molecular weight excluding hydrogens is 354 g/mol. The lowest BCUT2D eigenvalue weighted by molar-refractivity contribution is -0.154. The number of carbonyl (C=O) groups is 3. The molecule has 2 aliphatic heterocycles. The van der Waals surface area contributed by atoms with Gasteiger partial charge < -0.3 is 5.32 Å². The molecule has 2 fully saturated rings. The SMILES string of the molecule is CC1(C)C(=O)NC(=S)N2C(=O)CC(C(=O)Nc3ccc(F)c(F)c3)N21. The third-order valence-electron chi connectivity index (χ3n) is 4.15. The maximum Gasteiger partial charge on any atom is 0.248 e. The number of anilines is 1. The molecule has 1 aromatic carbocycles. The zero-order valence-corrected chi connectivity index (χ0v) is 14.1. The smallest absolute Gasteiger partial charge is 0.248 e. The first kappa shape index (κ1) is 17.4. The number of nitrogens with one attached hydrogen (secondary N) is 2. The maximum atomic E-state index is 13.3. The van der Waals surface area contributed by atoms with Crippen LogP contribution in [0.25, 0.3) is 0 Å². The summed E-state index contributed by atoms with van der Waals surface area (Å²) in [4.78, 5) is 37.0. The van der Waals surface area contributed by atoms with Crippen LogP contribution in [0.4, 0.5) is 14.5 Å². The number of benzene rings is 1. The number of hydrogen-bond donors (Lipinski definition) is 2. The Morgan fingerprint density at radius 2 is 2.00 bits per heavy atom. The van der Waals surface area contributed by atoms with Crippen molar-refractivity contribution in [1.29, 1.82) is 0 Å². The van der Waals surface area contributed by atoms with E-state index in [0.29, 0.717) is 0 Å². The van der Waals surface area contributed by atoms with Gasteiger partial charge in [-0.05, 0) is 38.2 Å². The van der Waals surface area contributed by atoms with Crippen molar-refractivity contribution in [1.82, 2.24) is 15.3 Å². The molecular formula is C15H14F2N4O3S. The summed E-state index contributed by atoms with van der Waals surface area (Å²) in [7, 11) is 0. The highest BCUT2D eigenvalue weighted by Crippen LogP contribution is 2.33. The van der Waals surface area contributed by atoms with Crippen molar-refractivity contribution < 1.29 is 23.2 Å². The fourth-order valence-corrected chi connectivity index (χ4v) is 3.14. The zero-order valence-electron chi connectivity index (χ0n) is 13.3. The summed E-state index contributed by atoms with van der Waals surface area (Å²) in [5.74, 6) is -3.68. The van der Waals surface area contributed by atoms with Crippen LogP contribution < -0.4 is 10.6 Å². The second-order valence-corrected chi connectivity index (χ2v) is 6.59. The van der Waals surface area contributed by atoms with Crippen molar-refractivity contribution >= 4 is 40.7 Å². The Hall–Kier alpha value is -2.46. The zero-order chi connectivity index (χ0) is 18.5. The molecule has 25 heavy (non-hydrogen) atoms. The number of nitrogens with zero attached hydrogens (tertiary/aromatic N) is 2. The van der Waals surface area contributed by atoms with Crippen molar-refractivity contribution in [3.05, 3.63) is 29.8 Å². The summed E-state index contributed by atoms with van der Waals surface area (Å²) >= 11 is 5.01. The predicted octanol–water partition coefficient (Wildman–Crippen LogP) is 0.914. The number of hydrogen-bond acceptors (Lipinski definition) is 5. The topological polar surface area (TPSA) is 81.8 Å². The van der Waals surface area contributed by atoms with Gasteiger partial charge in [0.1, 0.15) is 11.6 Å². The van der Waals surface area contributed by atoms with Crippen molar-refractivity contribution in [3.8, 4) is 0 Å². The summed E-state index contributed by atoms with van der Waals surface area (Å²) in [5, 5.41) is 7.16. The van der Waals surface area contributed by atoms with Crippen LogP contribution in [0.5, 0.6) is 0 Å². The third kappa shape index (κ3) is 2.76. The average Bonchev–Trinajstić information content (AvgIpc) is 2.88. The van der Waals surface area contributed by atoms with Crippen LogP contribution in [0, 0.1) is 11.6 Å². The largest absolute Gasteiger partial charge is 0.325 e. The Kier molecular flexibility index (Phi) is 4.04. The molecule has 2 N–H and O–H groups in total. The molecule has 3 amide bonds. The van der Waals surface area contributed by atoms with Crippen molar-refractivity contribution in [3.63, 3.8) is 0 Å². The number of hydrazine groups is 1. The highest BCUT2D eigenvalue weighted by Gasteiger charge is 2.56. The van der Waals surface area contributed by atoms with Crippen LogP contribution in [0.1, 0.15) is 20.3 Å². The molecule has 2 aliphatic rings. The molecule has 3 rings (SSSR count). The van der Waals surface area contributed by atoms with Gasteiger partial charge in [0.15, 0.2) is 16.7 Å². The van der Waals surface area contributed by atoms with Crippen LogP contribution in [0.15, 0.2) is 18.2 Å². The summed E-state index contributed by atoms with van der Waals surface area (Å²) in [5.41, 5.74) is -1.17. The van der Waals surface area contributed by atoms with E-state index >= 15 is 0 Å². The summed E-state index contributed by atoms with van der Waals surface area (Å²) in [6.07, 6.45) is -0.200. The van der Waals surface area contributed by atoms with E-state index < -0.39 is 40.9 Å². The summed E-state index contributed by atoms with van der Waals surface area (Å²) in [6.45, 7) is 3.10. The minimum Gasteiger partial charge on any atom is -0.325 e. The van der Waals surface area contributed by atoms with E-state index in [4.69, 9.17) is 12.2 Å². The molecule has 1 unspecified atom stereocenters. The molecule has 0 aliphatic carbocycles. The van der Waals surface area contributed by atoms with Crippen LogP contribution in [0.3, 0.4) is 0 Å². The monoisotopic (exact) mass is 368 g/mol. The first-order chi connectivity index (χ1) is 11.6. The van der Waals surface area contributed by atoms with Crippen molar-refractivity contribution in [2.45, 2.75) is 31.8 Å². The standard InChI is InChI=1S/C15H14F2N4O3S/c1-15(2)13(24)19-14(25)20-11(22)6-10(21(15)20)12(23)18-7-3-4-8(16)9(17)5-7/h3-5,10H,6H2,1-2H3,(H,18,23)(H,19,24,25). The van der Waals surface area contributed by atoms with Crippen LogP contribution in [-0.4, -0.2) is 44.4 Å². The summed E-state index contributed by atoms with van der Waals surface area (Å²) in [6, 6.07) is 1.90. The number of fused-ring (bicyclic) bond motifs is 1. The Bertz CT molecular complexity index is 814. The van der Waals surface area contributed by atoms with Crippen LogP contribution in [-0.2, 0) is 14.4 Å². The first-order valence-electron chi connectivity index (χ1n) is 7.36. The van der Waals surface area contributed by atoms with E-state index in [1.54, 1.807) is 13.8 Å². The fraction of sp³-hybridized carbons (Fsp3) is 0.333. The highest BCUT2D eigenvalue weighted by molar-refractivity contribution is 7.80. The Balaban J connectivity index is 1.89. The van der Waals surface area contributed by atoms with Gasteiger partial charge in [-0.3, -0.25) is 19.7 Å². The molecule has 0 spiro atoms. The van der Waals surface area contributed by atoms with E-state index in [2.05, 4.69) is 10.6 Å². The molecule has 10 heteroatoms. The number of thiocarbonyl (C=S) groups is 1. The van der Waals surface area contributed by atoms with Gasteiger partial charge in [0.2, 0.25) is 17.7 Å². The molecule has 7 nitrogen and oxygen atoms in total. The number of amides is 3. The molecule has 1 atom stereocenters. The van der Waals surface area contributed by atoms with Crippen molar-refractivity contribution in [2.24, 2.45) is 0 Å².